The van der Waals surface area contributed by atoms with Crippen molar-refractivity contribution in [3.8, 4) is 0 Å². The summed E-state index contributed by atoms with van der Waals surface area (Å²) in [6, 6.07) is 9.28. The van der Waals surface area contributed by atoms with Crippen molar-refractivity contribution in [2.24, 2.45) is 0 Å². The van der Waals surface area contributed by atoms with Gasteiger partial charge in [-0.2, -0.15) is 0 Å². The van der Waals surface area contributed by atoms with Crippen LogP contribution in [0.15, 0.2) is 30.3 Å². The van der Waals surface area contributed by atoms with Gasteiger partial charge in [-0.15, -0.1) is 0 Å². The van der Waals surface area contributed by atoms with Gasteiger partial charge in [0.25, 0.3) is 5.54 Å². The van der Waals surface area contributed by atoms with E-state index in [-0.39, 0.29) is 4.92 Å². The molecule has 0 unspecified atom stereocenters. The summed E-state index contributed by atoms with van der Waals surface area (Å²) < 4.78 is 0. The summed E-state index contributed by atoms with van der Waals surface area (Å²) in [4.78, 5) is 15.3. The van der Waals surface area contributed by atoms with E-state index in [0.29, 0.717) is 13.1 Å². The van der Waals surface area contributed by atoms with E-state index in [1.807, 2.05) is 54.2 Å². The Morgan fingerprint density at radius 2 is 1.71 bits per heavy atom. The molecule has 1 aromatic rings. The van der Waals surface area contributed by atoms with E-state index in [2.05, 4.69) is 0 Å². The SMILES string of the molecule is CN1CN(C)CC(c2ccccc2)([N+](=O)[O-])C1. The summed E-state index contributed by atoms with van der Waals surface area (Å²) in [6.45, 7) is 1.67. The van der Waals surface area contributed by atoms with E-state index in [1.165, 1.54) is 0 Å². The first-order chi connectivity index (χ1) is 8.04. The molecule has 92 valence electrons. The van der Waals surface area contributed by atoms with Gasteiger partial charge in [0.2, 0.25) is 0 Å². The standard InChI is InChI=1S/C12H17N3O2/c1-13-8-12(15(16)17,9-14(2)10-13)11-6-4-3-5-7-11/h3-7H,8-10H2,1-2H3. The second kappa shape index (κ2) is 4.43. The number of benzene rings is 1. The van der Waals surface area contributed by atoms with Gasteiger partial charge < -0.3 is 0 Å². The molecule has 0 N–H and O–H groups in total. The molecule has 5 heteroatoms. The van der Waals surface area contributed by atoms with Crippen LogP contribution in [0.25, 0.3) is 0 Å². The topological polar surface area (TPSA) is 49.6 Å². The average molecular weight is 235 g/mol. The van der Waals surface area contributed by atoms with E-state index < -0.39 is 5.54 Å². The highest BCUT2D eigenvalue weighted by Gasteiger charge is 2.49. The van der Waals surface area contributed by atoms with Gasteiger partial charge in [-0.25, -0.2) is 0 Å². The minimum Gasteiger partial charge on any atom is -0.286 e. The van der Waals surface area contributed by atoms with Crippen molar-refractivity contribution in [2.75, 3.05) is 33.9 Å². The fraction of sp³-hybridized carbons (Fsp3) is 0.500. The zero-order valence-electron chi connectivity index (χ0n) is 10.2. The third-order valence-corrected chi connectivity index (χ3v) is 3.21. The molecule has 0 aromatic heterocycles. The molecular formula is C12H17N3O2. The van der Waals surface area contributed by atoms with Gasteiger partial charge in [-0.1, -0.05) is 30.3 Å². The van der Waals surface area contributed by atoms with Crippen LogP contribution < -0.4 is 0 Å². The van der Waals surface area contributed by atoms with Crippen LogP contribution in [0, 0.1) is 10.1 Å². The average Bonchev–Trinajstić information content (AvgIpc) is 2.28. The fourth-order valence-corrected chi connectivity index (χ4v) is 2.61. The van der Waals surface area contributed by atoms with Crippen molar-refractivity contribution in [1.82, 2.24) is 9.80 Å². The first kappa shape index (κ1) is 12.0. The van der Waals surface area contributed by atoms with Crippen LogP contribution in [0.1, 0.15) is 5.56 Å². The van der Waals surface area contributed by atoms with Crippen molar-refractivity contribution >= 4 is 0 Å². The summed E-state index contributed by atoms with van der Waals surface area (Å²) in [5.41, 5.74) is -0.230. The molecular weight excluding hydrogens is 218 g/mol. The lowest BCUT2D eigenvalue weighted by Crippen LogP contribution is -2.59. The Labute approximate surface area is 101 Å². The lowest BCUT2D eigenvalue weighted by atomic mass is 9.88. The summed E-state index contributed by atoms with van der Waals surface area (Å²) in [7, 11) is 3.83. The molecule has 0 aliphatic carbocycles. The number of nitrogens with zero attached hydrogens (tertiary/aromatic N) is 3. The zero-order valence-corrected chi connectivity index (χ0v) is 10.2. The zero-order chi connectivity index (χ0) is 12.5. The predicted molar refractivity (Wildman–Crippen MR) is 65.2 cm³/mol. The van der Waals surface area contributed by atoms with Crippen LogP contribution in [-0.2, 0) is 5.54 Å². The summed E-state index contributed by atoms with van der Waals surface area (Å²) in [5.74, 6) is 0. The third-order valence-electron chi connectivity index (χ3n) is 3.21. The largest absolute Gasteiger partial charge is 0.286 e. The lowest BCUT2D eigenvalue weighted by Gasteiger charge is -2.39. The molecule has 0 spiro atoms. The van der Waals surface area contributed by atoms with E-state index >= 15 is 0 Å². The second-order valence-corrected chi connectivity index (χ2v) is 4.82. The third kappa shape index (κ3) is 2.16. The molecule has 2 rings (SSSR count). The first-order valence-corrected chi connectivity index (χ1v) is 5.62. The van der Waals surface area contributed by atoms with Crippen LogP contribution in [0.2, 0.25) is 0 Å². The molecule has 0 radical (unpaired) electrons. The maximum Gasteiger partial charge on any atom is 0.271 e. The molecule has 1 aliphatic rings. The van der Waals surface area contributed by atoms with Crippen molar-refractivity contribution in [3.63, 3.8) is 0 Å². The Morgan fingerprint density at radius 1 is 1.18 bits per heavy atom. The van der Waals surface area contributed by atoms with Crippen LogP contribution in [0.5, 0.6) is 0 Å². The monoisotopic (exact) mass is 235 g/mol. The fourth-order valence-electron chi connectivity index (χ4n) is 2.61. The molecule has 0 atom stereocenters. The minimum atomic E-state index is -1.01. The maximum absolute atomic E-state index is 11.5. The van der Waals surface area contributed by atoms with E-state index in [1.54, 1.807) is 0 Å². The Morgan fingerprint density at radius 3 is 2.18 bits per heavy atom. The normalized spacial score (nSPS) is 21.3. The molecule has 1 aliphatic heterocycles. The van der Waals surface area contributed by atoms with Gasteiger partial charge in [0.15, 0.2) is 0 Å². The van der Waals surface area contributed by atoms with Gasteiger partial charge in [-0.05, 0) is 14.1 Å². The van der Waals surface area contributed by atoms with Crippen molar-refractivity contribution in [1.29, 1.82) is 0 Å². The van der Waals surface area contributed by atoms with Gasteiger partial charge in [0.1, 0.15) is 0 Å². The Balaban J connectivity index is 2.43. The molecule has 17 heavy (non-hydrogen) atoms. The number of hydrogen-bond donors (Lipinski definition) is 0. The predicted octanol–water partition coefficient (Wildman–Crippen LogP) is 0.993. The lowest BCUT2D eigenvalue weighted by molar-refractivity contribution is -0.584. The Bertz CT molecular complexity index is 397. The Kier molecular flexibility index (Phi) is 3.13. The molecule has 0 amide bonds. The van der Waals surface area contributed by atoms with Crippen molar-refractivity contribution in [2.45, 2.75) is 5.54 Å². The van der Waals surface area contributed by atoms with Gasteiger partial charge in [0.05, 0.1) is 19.8 Å². The van der Waals surface area contributed by atoms with Gasteiger partial charge >= 0.3 is 0 Å². The highest BCUT2D eigenvalue weighted by Crippen LogP contribution is 2.29. The molecule has 1 saturated heterocycles. The highest BCUT2D eigenvalue weighted by atomic mass is 16.6. The highest BCUT2D eigenvalue weighted by molar-refractivity contribution is 5.24. The van der Waals surface area contributed by atoms with Gasteiger partial charge in [-0.3, -0.25) is 19.9 Å². The number of nitro groups is 1. The van der Waals surface area contributed by atoms with E-state index in [0.717, 1.165) is 12.2 Å². The summed E-state index contributed by atoms with van der Waals surface area (Å²) >= 11 is 0. The van der Waals surface area contributed by atoms with Crippen LogP contribution in [-0.4, -0.2) is 48.6 Å². The summed E-state index contributed by atoms with van der Waals surface area (Å²) in [5, 5.41) is 11.5. The van der Waals surface area contributed by atoms with Crippen molar-refractivity contribution < 1.29 is 4.92 Å². The Hall–Kier alpha value is -1.46. The molecule has 0 bridgehead atoms. The van der Waals surface area contributed by atoms with Crippen LogP contribution >= 0.6 is 0 Å². The minimum absolute atomic E-state index is 0.144. The van der Waals surface area contributed by atoms with Crippen LogP contribution in [0.4, 0.5) is 0 Å². The molecule has 1 heterocycles. The molecule has 1 fully saturated rings. The summed E-state index contributed by atoms with van der Waals surface area (Å²) in [6.07, 6.45) is 0. The molecule has 1 aromatic carbocycles. The van der Waals surface area contributed by atoms with E-state index in [9.17, 15) is 10.1 Å². The number of hydrogen-bond acceptors (Lipinski definition) is 4. The van der Waals surface area contributed by atoms with Crippen molar-refractivity contribution in [3.05, 3.63) is 46.0 Å². The smallest absolute Gasteiger partial charge is 0.271 e. The van der Waals surface area contributed by atoms with Gasteiger partial charge in [0, 0.05) is 10.5 Å². The number of likely N-dealkylation sites (N-methyl/N-ethyl adjacent to an activating group) is 2. The molecule has 5 nitrogen and oxygen atoms in total. The van der Waals surface area contributed by atoms with E-state index in [4.69, 9.17) is 0 Å². The maximum atomic E-state index is 11.5. The number of rotatable bonds is 2. The quantitative estimate of drug-likeness (QED) is 0.566. The first-order valence-electron chi connectivity index (χ1n) is 5.62. The molecule has 0 saturated carbocycles. The van der Waals surface area contributed by atoms with Crippen LogP contribution in [0.3, 0.4) is 0 Å². The second-order valence-electron chi connectivity index (χ2n) is 4.82.